The second kappa shape index (κ2) is 7.66. The van der Waals surface area contributed by atoms with Crippen LogP contribution in [0.15, 0.2) is 54.9 Å². The third kappa shape index (κ3) is 3.91. The summed E-state index contributed by atoms with van der Waals surface area (Å²) in [6.45, 7) is 2.77. The zero-order valence-corrected chi connectivity index (χ0v) is 14.5. The van der Waals surface area contributed by atoms with Crippen LogP contribution >= 0.6 is 0 Å². The highest BCUT2D eigenvalue weighted by Crippen LogP contribution is 2.25. The van der Waals surface area contributed by atoms with Crippen molar-refractivity contribution in [3.63, 3.8) is 0 Å². The van der Waals surface area contributed by atoms with Crippen molar-refractivity contribution in [3.05, 3.63) is 66.5 Å². The molecule has 134 valence electrons. The molecule has 0 spiro atoms. The minimum Gasteiger partial charge on any atom is -0.371 e. The summed E-state index contributed by atoms with van der Waals surface area (Å²) >= 11 is 0. The molecule has 0 atom stereocenters. The van der Waals surface area contributed by atoms with Gasteiger partial charge in [0.15, 0.2) is 0 Å². The number of nitrogens with zero attached hydrogens (tertiary/aromatic N) is 3. The lowest BCUT2D eigenvalue weighted by molar-refractivity contribution is 0.410. The summed E-state index contributed by atoms with van der Waals surface area (Å²) < 4.78 is 13.4. The van der Waals surface area contributed by atoms with Crippen molar-refractivity contribution < 1.29 is 4.39 Å². The molecule has 1 fully saturated rings. The number of anilines is 1. The Labute approximate surface area is 152 Å². The fraction of sp³-hybridized carbons (Fsp3) is 0.300. The van der Waals surface area contributed by atoms with Crippen LogP contribution in [0.1, 0.15) is 18.7 Å². The monoisotopic (exact) mass is 351 g/mol. The molecule has 0 bridgehead atoms. The van der Waals surface area contributed by atoms with E-state index >= 15 is 0 Å². The molecule has 2 aromatic carbocycles. The number of piperidine rings is 1. The zero-order chi connectivity index (χ0) is 17.8. The van der Waals surface area contributed by atoms with E-state index in [4.69, 9.17) is 0 Å². The van der Waals surface area contributed by atoms with E-state index in [1.165, 1.54) is 18.1 Å². The number of H-pyrrole nitrogens is 1. The van der Waals surface area contributed by atoms with Gasteiger partial charge in [-0.3, -0.25) is 5.10 Å². The highest BCUT2D eigenvalue weighted by molar-refractivity contribution is 5.66. The molecular formula is C20H22FN5. The van der Waals surface area contributed by atoms with E-state index in [0.717, 1.165) is 49.4 Å². The number of nitrogens with one attached hydrogen (secondary N) is 2. The Kier molecular flexibility index (Phi) is 4.93. The predicted molar refractivity (Wildman–Crippen MR) is 100 cm³/mol. The fourth-order valence-electron chi connectivity index (χ4n) is 3.43. The average molecular weight is 351 g/mol. The first-order valence-electron chi connectivity index (χ1n) is 8.96. The molecule has 0 amide bonds. The van der Waals surface area contributed by atoms with Gasteiger partial charge in [-0.05, 0) is 48.2 Å². The molecule has 0 radical (unpaired) electrons. The molecule has 0 unspecified atom stereocenters. The second-order valence-corrected chi connectivity index (χ2v) is 6.63. The van der Waals surface area contributed by atoms with E-state index in [1.807, 2.05) is 6.07 Å². The molecule has 0 aliphatic carbocycles. The van der Waals surface area contributed by atoms with E-state index in [2.05, 4.69) is 49.7 Å². The Morgan fingerprint density at radius 1 is 1.08 bits per heavy atom. The van der Waals surface area contributed by atoms with Crippen LogP contribution in [0.4, 0.5) is 10.1 Å². The van der Waals surface area contributed by atoms with Gasteiger partial charge in [-0.1, -0.05) is 24.3 Å². The van der Waals surface area contributed by atoms with Gasteiger partial charge < -0.3 is 10.2 Å². The molecule has 1 aromatic heterocycles. The number of aromatic amines is 1. The lowest BCUT2D eigenvalue weighted by atomic mass is 10.0. The Bertz CT molecular complexity index is 824. The minimum absolute atomic E-state index is 0.202. The summed E-state index contributed by atoms with van der Waals surface area (Å²) in [7, 11) is 0. The first-order valence-corrected chi connectivity index (χ1v) is 8.96. The maximum absolute atomic E-state index is 13.4. The summed E-state index contributed by atoms with van der Waals surface area (Å²) in [4.78, 5) is 6.54. The third-order valence-electron chi connectivity index (χ3n) is 4.91. The van der Waals surface area contributed by atoms with Gasteiger partial charge in [-0.15, -0.1) is 0 Å². The number of hydrogen-bond acceptors (Lipinski definition) is 4. The molecular weight excluding hydrogens is 329 g/mol. The van der Waals surface area contributed by atoms with E-state index in [0.29, 0.717) is 6.04 Å². The summed E-state index contributed by atoms with van der Waals surface area (Å²) in [6.07, 6.45) is 3.73. The summed E-state index contributed by atoms with van der Waals surface area (Å²) in [5.74, 6) is 0.673. The van der Waals surface area contributed by atoms with Crippen molar-refractivity contribution in [2.24, 2.45) is 0 Å². The SMILES string of the molecule is Fc1cccc(-c2ccc(N3CCC(NCc4ncn[nH]4)CC3)cc2)c1. The molecule has 5 nitrogen and oxygen atoms in total. The molecule has 1 aliphatic rings. The predicted octanol–water partition coefficient (Wildman–Crippen LogP) is 3.37. The highest BCUT2D eigenvalue weighted by atomic mass is 19.1. The van der Waals surface area contributed by atoms with Crippen LogP contribution < -0.4 is 10.2 Å². The molecule has 2 N–H and O–H groups in total. The van der Waals surface area contributed by atoms with Crippen LogP contribution in [0.25, 0.3) is 11.1 Å². The number of aromatic nitrogens is 3. The molecule has 1 saturated heterocycles. The van der Waals surface area contributed by atoms with Crippen molar-refractivity contribution in [2.45, 2.75) is 25.4 Å². The number of benzene rings is 2. The van der Waals surface area contributed by atoms with E-state index in [9.17, 15) is 4.39 Å². The lowest BCUT2D eigenvalue weighted by Gasteiger charge is -2.34. The smallest absolute Gasteiger partial charge is 0.138 e. The number of halogens is 1. The van der Waals surface area contributed by atoms with Gasteiger partial charge in [0.1, 0.15) is 18.0 Å². The Hall–Kier alpha value is -2.73. The molecule has 1 aliphatic heterocycles. The molecule has 4 rings (SSSR count). The molecule has 6 heteroatoms. The largest absolute Gasteiger partial charge is 0.371 e. The highest BCUT2D eigenvalue weighted by Gasteiger charge is 2.19. The van der Waals surface area contributed by atoms with Crippen LogP contribution in [0.2, 0.25) is 0 Å². The van der Waals surface area contributed by atoms with Crippen LogP contribution in [-0.4, -0.2) is 34.3 Å². The molecule has 3 aromatic rings. The van der Waals surface area contributed by atoms with Crippen molar-refractivity contribution in [1.29, 1.82) is 0 Å². The molecule has 2 heterocycles. The van der Waals surface area contributed by atoms with Gasteiger partial charge in [-0.25, -0.2) is 9.37 Å². The van der Waals surface area contributed by atoms with E-state index < -0.39 is 0 Å². The van der Waals surface area contributed by atoms with E-state index in [-0.39, 0.29) is 5.82 Å². The standard InChI is InChI=1S/C20H22FN5/c21-17-3-1-2-16(12-17)15-4-6-19(7-5-15)26-10-8-18(9-11-26)22-13-20-23-14-24-25-20/h1-7,12,14,18,22H,8-11,13H2,(H,23,24,25). The lowest BCUT2D eigenvalue weighted by Crippen LogP contribution is -2.42. The third-order valence-corrected chi connectivity index (χ3v) is 4.91. The summed E-state index contributed by atoms with van der Waals surface area (Å²) in [6, 6.07) is 15.6. The Morgan fingerprint density at radius 3 is 2.58 bits per heavy atom. The zero-order valence-electron chi connectivity index (χ0n) is 14.5. The Balaban J connectivity index is 1.33. The fourth-order valence-corrected chi connectivity index (χ4v) is 3.43. The number of hydrogen-bond donors (Lipinski definition) is 2. The molecule has 0 saturated carbocycles. The van der Waals surface area contributed by atoms with Gasteiger partial charge in [0, 0.05) is 24.8 Å². The van der Waals surface area contributed by atoms with Crippen LogP contribution in [0.5, 0.6) is 0 Å². The summed E-state index contributed by atoms with van der Waals surface area (Å²) in [5, 5.41) is 10.3. The maximum atomic E-state index is 13.4. The van der Waals surface area contributed by atoms with Crippen molar-refractivity contribution in [2.75, 3.05) is 18.0 Å². The summed E-state index contributed by atoms with van der Waals surface area (Å²) in [5.41, 5.74) is 3.17. The van der Waals surface area contributed by atoms with Crippen LogP contribution in [0.3, 0.4) is 0 Å². The van der Waals surface area contributed by atoms with Gasteiger partial charge >= 0.3 is 0 Å². The number of rotatable bonds is 5. The first-order chi connectivity index (χ1) is 12.8. The van der Waals surface area contributed by atoms with Gasteiger partial charge in [0.05, 0.1) is 6.54 Å². The molecule has 26 heavy (non-hydrogen) atoms. The van der Waals surface area contributed by atoms with Crippen LogP contribution in [0, 0.1) is 5.82 Å². The van der Waals surface area contributed by atoms with Crippen molar-refractivity contribution in [1.82, 2.24) is 20.5 Å². The van der Waals surface area contributed by atoms with Gasteiger partial charge in [0.2, 0.25) is 0 Å². The van der Waals surface area contributed by atoms with Gasteiger partial charge in [-0.2, -0.15) is 5.10 Å². The van der Waals surface area contributed by atoms with E-state index in [1.54, 1.807) is 12.1 Å². The maximum Gasteiger partial charge on any atom is 0.138 e. The van der Waals surface area contributed by atoms with Crippen molar-refractivity contribution >= 4 is 5.69 Å². The average Bonchev–Trinajstić information content (AvgIpc) is 3.21. The minimum atomic E-state index is -0.202. The van der Waals surface area contributed by atoms with Crippen molar-refractivity contribution in [3.8, 4) is 11.1 Å². The quantitative estimate of drug-likeness (QED) is 0.740. The first kappa shape index (κ1) is 16.7. The van der Waals surface area contributed by atoms with Gasteiger partial charge in [0.25, 0.3) is 0 Å². The second-order valence-electron chi connectivity index (χ2n) is 6.63. The van der Waals surface area contributed by atoms with Crippen LogP contribution in [-0.2, 0) is 6.54 Å². The Morgan fingerprint density at radius 2 is 1.88 bits per heavy atom. The topological polar surface area (TPSA) is 56.8 Å². The normalized spacial score (nSPS) is 15.3.